The molecule has 0 aromatic heterocycles. The van der Waals surface area contributed by atoms with E-state index in [1.165, 1.54) is 14.2 Å². The summed E-state index contributed by atoms with van der Waals surface area (Å²) in [7, 11) is 2.73. The fourth-order valence-electron chi connectivity index (χ4n) is 4.06. The maximum absolute atomic E-state index is 14.9. The first-order valence-corrected chi connectivity index (χ1v) is 11.0. The summed E-state index contributed by atoms with van der Waals surface area (Å²) in [5.74, 6) is -4.03. The van der Waals surface area contributed by atoms with E-state index in [0.29, 0.717) is 42.6 Å². The predicted octanol–water partition coefficient (Wildman–Crippen LogP) is 7.55. The van der Waals surface area contributed by atoms with E-state index in [0.717, 1.165) is 0 Å². The lowest BCUT2D eigenvalue weighted by atomic mass is 9.82. The van der Waals surface area contributed by atoms with Gasteiger partial charge in [0.15, 0.2) is 23.3 Å². The summed E-state index contributed by atoms with van der Waals surface area (Å²) in [5.41, 5.74) is 0.942. The summed E-state index contributed by atoms with van der Waals surface area (Å²) in [6, 6.07) is 9.99. The Hall–Kier alpha value is -3.06. The molecule has 7 heteroatoms. The molecular weight excluding hydrogens is 448 g/mol. The van der Waals surface area contributed by atoms with Crippen LogP contribution in [-0.4, -0.2) is 26.9 Å². The minimum atomic E-state index is -1.21. The average Bonchev–Trinajstić information content (AvgIpc) is 2.88. The summed E-state index contributed by atoms with van der Waals surface area (Å²) in [4.78, 5) is 0. The molecule has 1 aliphatic rings. The van der Waals surface area contributed by atoms with Crippen LogP contribution in [0.3, 0.4) is 0 Å². The number of halogens is 4. The van der Waals surface area contributed by atoms with E-state index in [2.05, 4.69) is 17.9 Å². The first kappa shape index (κ1) is 25.6. The molecular formula is C27H28F4O3. The van der Waals surface area contributed by atoms with Crippen LogP contribution in [0.15, 0.2) is 72.5 Å². The number of hydrogen-bond donors (Lipinski definition) is 0. The van der Waals surface area contributed by atoms with Gasteiger partial charge in [-0.1, -0.05) is 37.4 Å². The van der Waals surface area contributed by atoms with E-state index in [-0.39, 0.29) is 29.8 Å². The summed E-state index contributed by atoms with van der Waals surface area (Å²) in [6.07, 6.45) is 2.13. The van der Waals surface area contributed by atoms with Crippen LogP contribution >= 0.6 is 0 Å². The van der Waals surface area contributed by atoms with Crippen molar-refractivity contribution in [2.24, 2.45) is 0 Å². The minimum Gasteiger partial charge on any atom is -0.497 e. The molecule has 0 heterocycles. The first-order chi connectivity index (χ1) is 16.3. The molecule has 0 amide bonds. The molecule has 0 saturated heterocycles. The number of allylic oxidation sites excluding steroid dienone is 1. The van der Waals surface area contributed by atoms with Gasteiger partial charge in [-0.3, -0.25) is 0 Å². The van der Waals surface area contributed by atoms with Gasteiger partial charge in [0.1, 0.15) is 11.5 Å². The van der Waals surface area contributed by atoms with E-state index >= 15 is 0 Å². The van der Waals surface area contributed by atoms with Crippen LogP contribution in [0.2, 0.25) is 0 Å². The Kier molecular flexibility index (Phi) is 8.56. The number of methoxy groups -OCH3 is 2. The van der Waals surface area contributed by atoms with Crippen LogP contribution < -0.4 is 4.74 Å². The summed E-state index contributed by atoms with van der Waals surface area (Å²) in [5, 5.41) is 0. The third kappa shape index (κ3) is 5.70. The molecule has 0 unspecified atom stereocenters. The molecule has 0 spiro atoms. The smallest absolute Gasteiger partial charge is 0.200 e. The molecule has 1 saturated carbocycles. The quantitative estimate of drug-likeness (QED) is 0.212. The molecule has 0 radical (unpaired) electrons. The van der Waals surface area contributed by atoms with Crippen LogP contribution in [0.25, 0.3) is 11.1 Å². The lowest BCUT2D eigenvalue weighted by molar-refractivity contribution is 0.0380. The molecule has 34 heavy (non-hydrogen) atoms. The first-order valence-electron chi connectivity index (χ1n) is 11.0. The highest BCUT2D eigenvalue weighted by molar-refractivity contribution is 5.65. The van der Waals surface area contributed by atoms with E-state index in [1.807, 2.05) is 0 Å². The molecule has 3 rings (SSSR count). The number of hydrogen-bond acceptors (Lipinski definition) is 3. The number of ether oxygens (including phenoxy) is 3. The molecule has 1 fully saturated rings. The van der Waals surface area contributed by atoms with E-state index in [9.17, 15) is 17.6 Å². The van der Waals surface area contributed by atoms with Crippen molar-refractivity contribution >= 4 is 0 Å². The highest BCUT2D eigenvalue weighted by Gasteiger charge is 2.27. The molecule has 1 aliphatic carbocycles. The van der Waals surface area contributed by atoms with Gasteiger partial charge in [0, 0.05) is 11.1 Å². The van der Waals surface area contributed by atoms with Gasteiger partial charge in [-0.15, -0.1) is 0 Å². The maximum atomic E-state index is 14.9. The van der Waals surface area contributed by atoms with Crippen LogP contribution in [0.4, 0.5) is 17.6 Å². The Bertz CT molecular complexity index is 1070. The van der Waals surface area contributed by atoms with Crippen LogP contribution in [0.1, 0.15) is 37.2 Å². The van der Waals surface area contributed by atoms with Gasteiger partial charge in [-0.25, -0.2) is 13.2 Å². The van der Waals surface area contributed by atoms with E-state index in [1.54, 1.807) is 36.4 Å². The average molecular weight is 477 g/mol. The molecule has 0 atom stereocenters. The lowest BCUT2D eigenvalue weighted by Crippen LogP contribution is -2.22. The highest BCUT2D eigenvalue weighted by Crippen LogP contribution is 2.38. The van der Waals surface area contributed by atoms with Gasteiger partial charge in [0.25, 0.3) is 0 Å². The molecule has 0 bridgehead atoms. The second kappa shape index (κ2) is 11.4. The van der Waals surface area contributed by atoms with Gasteiger partial charge < -0.3 is 14.2 Å². The molecule has 2 aromatic carbocycles. The Morgan fingerprint density at radius 2 is 1.53 bits per heavy atom. The molecule has 0 N–H and O–H groups in total. The fraction of sp³-hybridized carbons (Fsp3) is 0.333. The SMILES string of the molecule is C=C(COC1CCC(c2ccc(-c3ccc(OC)cc3)c(F)c2F)CC1)/C(F)=C(/F)C(=C)OC. The maximum Gasteiger partial charge on any atom is 0.200 e. The van der Waals surface area contributed by atoms with Crippen molar-refractivity contribution in [2.45, 2.75) is 37.7 Å². The Balaban J connectivity index is 1.60. The van der Waals surface area contributed by atoms with Crippen molar-refractivity contribution in [1.82, 2.24) is 0 Å². The standard InChI is InChI=1S/C27H28F4O3/c1-16(24(28)25(29)17(2)32-3)15-34-21-11-7-19(8-12-21)23-14-13-22(26(30)27(23)31)18-5-9-20(33-4)10-6-18/h5-6,9-10,13-14,19,21H,1-2,7-8,11-12,15H2,3-4H3/b25-24-. The van der Waals surface area contributed by atoms with Crippen molar-refractivity contribution in [3.63, 3.8) is 0 Å². The largest absolute Gasteiger partial charge is 0.497 e. The monoisotopic (exact) mass is 476 g/mol. The van der Waals surface area contributed by atoms with Gasteiger partial charge in [0.05, 0.1) is 26.9 Å². The van der Waals surface area contributed by atoms with Crippen LogP contribution in [0.5, 0.6) is 5.75 Å². The van der Waals surface area contributed by atoms with Crippen molar-refractivity contribution in [1.29, 1.82) is 0 Å². The van der Waals surface area contributed by atoms with Gasteiger partial charge in [-0.2, -0.15) is 4.39 Å². The highest BCUT2D eigenvalue weighted by atomic mass is 19.2. The second-order valence-corrected chi connectivity index (χ2v) is 8.20. The van der Waals surface area contributed by atoms with Crippen molar-refractivity contribution in [3.8, 4) is 16.9 Å². The zero-order valence-electron chi connectivity index (χ0n) is 19.3. The van der Waals surface area contributed by atoms with Gasteiger partial charge in [0.2, 0.25) is 0 Å². The van der Waals surface area contributed by atoms with Crippen LogP contribution in [-0.2, 0) is 9.47 Å². The lowest BCUT2D eigenvalue weighted by Gasteiger charge is -2.29. The van der Waals surface area contributed by atoms with Crippen molar-refractivity contribution in [3.05, 3.63) is 89.7 Å². The Morgan fingerprint density at radius 3 is 2.12 bits per heavy atom. The van der Waals surface area contributed by atoms with Crippen molar-refractivity contribution < 1.29 is 31.8 Å². The van der Waals surface area contributed by atoms with E-state index < -0.39 is 29.0 Å². The minimum absolute atomic E-state index is 0.151. The van der Waals surface area contributed by atoms with Gasteiger partial charge in [-0.05, 0) is 54.9 Å². The summed E-state index contributed by atoms with van der Waals surface area (Å²) >= 11 is 0. The fourth-order valence-corrected chi connectivity index (χ4v) is 4.06. The topological polar surface area (TPSA) is 27.7 Å². The zero-order valence-corrected chi connectivity index (χ0v) is 19.3. The number of rotatable bonds is 9. The third-order valence-electron chi connectivity index (χ3n) is 6.11. The Labute approximate surface area is 197 Å². The van der Waals surface area contributed by atoms with Crippen LogP contribution in [0, 0.1) is 11.6 Å². The summed E-state index contributed by atoms with van der Waals surface area (Å²) < 4.78 is 73.0. The Morgan fingerprint density at radius 1 is 0.882 bits per heavy atom. The molecule has 0 aliphatic heterocycles. The van der Waals surface area contributed by atoms with Gasteiger partial charge >= 0.3 is 0 Å². The van der Waals surface area contributed by atoms with Crippen molar-refractivity contribution in [2.75, 3.05) is 20.8 Å². The molecule has 2 aromatic rings. The molecule has 182 valence electrons. The van der Waals surface area contributed by atoms with E-state index in [4.69, 9.17) is 9.47 Å². The zero-order chi connectivity index (χ0) is 24.8. The summed E-state index contributed by atoms with van der Waals surface area (Å²) in [6.45, 7) is 6.59. The number of benzene rings is 2. The predicted molar refractivity (Wildman–Crippen MR) is 124 cm³/mol. The molecule has 3 nitrogen and oxygen atoms in total. The second-order valence-electron chi connectivity index (χ2n) is 8.20. The normalized spacial score (nSPS) is 18.8. The third-order valence-corrected chi connectivity index (χ3v) is 6.11.